The first-order valence-corrected chi connectivity index (χ1v) is 13.0. The summed E-state index contributed by atoms with van der Waals surface area (Å²) < 4.78 is 9.44. The summed E-state index contributed by atoms with van der Waals surface area (Å²) in [5.74, 6) is 1.13. The van der Waals surface area contributed by atoms with Crippen LogP contribution in [0.1, 0.15) is 24.0 Å². The van der Waals surface area contributed by atoms with Gasteiger partial charge in [0, 0.05) is 38.2 Å². The second kappa shape index (κ2) is 10.0. The van der Waals surface area contributed by atoms with Crippen molar-refractivity contribution in [2.75, 3.05) is 0 Å². The van der Waals surface area contributed by atoms with E-state index in [-0.39, 0.29) is 11.1 Å². The van der Waals surface area contributed by atoms with E-state index >= 15 is 0 Å². The first-order valence-electron chi connectivity index (χ1n) is 11.4. The summed E-state index contributed by atoms with van der Waals surface area (Å²) in [5.41, 5.74) is 3.30. The number of allylic oxidation sites excluding steroid dienone is 2. The molecule has 176 valence electrons. The van der Waals surface area contributed by atoms with Crippen molar-refractivity contribution in [3.05, 3.63) is 70.3 Å². The first-order chi connectivity index (χ1) is 18.1. The highest BCUT2D eigenvalue weighted by molar-refractivity contribution is 7.27. The molecular formula is C29H17N5OS2. The molecule has 6 nitrogen and oxygen atoms in total. The highest BCUT2D eigenvalue weighted by Gasteiger charge is 2.17. The highest BCUT2D eigenvalue weighted by Crippen LogP contribution is 2.43. The monoisotopic (exact) mass is 515 g/mol. The number of hydrogen-bond donors (Lipinski definition) is 0. The van der Waals surface area contributed by atoms with E-state index in [9.17, 15) is 0 Å². The van der Waals surface area contributed by atoms with Crippen molar-refractivity contribution >= 4 is 55.9 Å². The summed E-state index contributed by atoms with van der Waals surface area (Å²) in [5, 5.41) is 37.2. The van der Waals surface area contributed by atoms with Crippen LogP contribution in [0.4, 0.5) is 0 Å². The number of furan rings is 1. The molecule has 37 heavy (non-hydrogen) atoms. The predicted octanol–water partition coefficient (Wildman–Crippen LogP) is 8.12. The maximum Gasteiger partial charge on any atom is 0.134 e. The van der Waals surface area contributed by atoms with Crippen molar-refractivity contribution in [2.24, 2.45) is 0 Å². The van der Waals surface area contributed by atoms with Gasteiger partial charge in [0.25, 0.3) is 0 Å². The molecule has 5 rings (SSSR count). The number of rotatable bonds is 6. The number of aryl methyl sites for hydroxylation is 1. The fraction of sp³-hybridized carbons (Fsp3) is 0.103. The Bertz CT molecular complexity index is 1790. The molecule has 0 saturated heterocycles. The normalized spacial score (nSPS) is 10.4. The zero-order valence-electron chi connectivity index (χ0n) is 19.6. The molecule has 0 N–H and O–H groups in total. The molecule has 0 aliphatic rings. The molecule has 0 atom stereocenters. The third kappa shape index (κ3) is 4.44. The first kappa shape index (κ1) is 23.9. The molecule has 0 aliphatic carbocycles. The molecule has 0 unspecified atom stereocenters. The van der Waals surface area contributed by atoms with Crippen LogP contribution in [0, 0.1) is 45.3 Å². The maximum atomic E-state index is 9.04. The third-order valence-electron chi connectivity index (χ3n) is 5.82. The molecule has 0 amide bonds. The van der Waals surface area contributed by atoms with Gasteiger partial charge < -0.3 is 8.98 Å². The Morgan fingerprint density at radius 1 is 0.838 bits per heavy atom. The summed E-state index contributed by atoms with van der Waals surface area (Å²) in [6, 6.07) is 23.6. The van der Waals surface area contributed by atoms with Crippen molar-refractivity contribution in [1.82, 2.24) is 4.57 Å². The molecular weight excluding hydrogens is 498 g/mol. The molecule has 0 radical (unpaired) electrons. The zero-order chi connectivity index (χ0) is 25.9. The van der Waals surface area contributed by atoms with Gasteiger partial charge in [-0.1, -0.05) is 19.1 Å². The van der Waals surface area contributed by atoms with Crippen LogP contribution < -0.4 is 0 Å². The predicted molar refractivity (Wildman–Crippen MR) is 147 cm³/mol. The van der Waals surface area contributed by atoms with Gasteiger partial charge in [0.05, 0.1) is 15.7 Å². The van der Waals surface area contributed by atoms with E-state index in [1.54, 1.807) is 34.8 Å². The number of aromatic nitrogens is 1. The summed E-state index contributed by atoms with van der Waals surface area (Å²) in [6.45, 7) is 3.02. The van der Waals surface area contributed by atoms with Crippen LogP contribution in [0.25, 0.3) is 54.3 Å². The number of nitrogens with zero attached hydrogens (tertiary/aromatic N) is 5. The lowest BCUT2D eigenvalue weighted by Crippen LogP contribution is -1.95. The lowest BCUT2D eigenvalue weighted by molar-refractivity contribution is 0.571. The maximum absolute atomic E-state index is 9.04. The van der Waals surface area contributed by atoms with E-state index in [2.05, 4.69) is 29.7 Å². The average Bonchev–Trinajstić information content (AvgIpc) is 3.71. The molecule has 0 saturated carbocycles. The Kier molecular flexibility index (Phi) is 6.46. The Morgan fingerprint density at radius 2 is 1.59 bits per heavy atom. The van der Waals surface area contributed by atoms with Crippen molar-refractivity contribution in [3.8, 4) is 45.4 Å². The molecule has 0 fully saturated rings. The van der Waals surface area contributed by atoms with E-state index in [4.69, 9.17) is 25.5 Å². The number of hydrogen-bond acceptors (Lipinski definition) is 7. The summed E-state index contributed by atoms with van der Waals surface area (Å²) in [4.78, 5) is 3.12. The highest BCUT2D eigenvalue weighted by atomic mass is 32.1. The molecule has 5 aromatic rings. The van der Waals surface area contributed by atoms with E-state index in [0.717, 1.165) is 38.7 Å². The van der Waals surface area contributed by atoms with Crippen LogP contribution in [0.3, 0.4) is 0 Å². The second-order valence-corrected chi connectivity index (χ2v) is 10.3. The molecule has 8 heteroatoms. The standard InChI is InChI=1S/C29H17N5OS2/c1-2-9-34-24-12-20(26-7-4-21(35-26)10-18(14-30)15-31)3-6-23(24)29-25(34)13-28(37-29)27-8-5-22(36-27)11-19(16-32)17-33/h3-8,10-13H,2,9H2,1H3. The number of nitriles is 4. The molecule has 0 spiro atoms. The second-order valence-electron chi connectivity index (χ2n) is 8.18. The number of thiophene rings is 2. The van der Waals surface area contributed by atoms with Gasteiger partial charge in [0.2, 0.25) is 0 Å². The van der Waals surface area contributed by atoms with Crippen LogP contribution >= 0.6 is 22.7 Å². The summed E-state index contributed by atoms with van der Waals surface area (Å²) in [6.07, 6.45) is 4.04. The summed E-state index contributed by atoms with van der Waals surface area (Å²) >= 11 is 3.30. The van der Waals surface area contributed by atoms with Gasteiger partial charge in [-0.2, -0.15) is 21.0 Å². The lowest BCUT2D eigenvalue weighted by Gasteiger charge is -2.06. The molecule has 4 aromatic heterocycles. The topological polar surface area (TPSA) is 113 Å². The van der Waals surface area contributed by atoms with Crippen molar-refractivity contribution in [2.45, 2.75) is 19.9 Å². The van der Waals surface area contributed by atoms with Gasteiger partial charge in [-0.25, -0.2) is 0 Å². The Balaban J connectivity index is 1.57. The van der Waals surface area contributed by atoms with Crippen molar-refractivity contribution < 1.29 is 4.42 Å². The van der Waals surface area contributed by atoms with Crippen molar-refractivity contribution in [3.63, 3.8) is 0 Å². The lowest BCUT2D eigenvalue weighted by atomic mass is 10.1. The fourth-order valence-electron chi connectivity index (χ4n) is 4.20. The Labute approximate surface area is 221 Å². The summed E-state index contributed by atoms with van der Waals surface area (Å²) in [7, 11) is 0. The van der Waals surface area contributed by atoms with E-state index in [0.29, 0.717) is 11.5 Å². The van der Waals surface area contributed by atoms with Crippen LogP contribution in [-0.4, -0.2) is 4.57 Å². The minimum Gasteiger partial charge on any atom is -0.457 e. The van der Waals surface area contributed by atoms with Gasteiger partial charge in [-0.3, -0.25) is 0 Å². The van der Waals surface area contributed by atoms with Crippen LogP contribution in [-0.2, 0) is 6.54 Å². The van der Waals surface area contributed by atoms with E-state index in [1.165, 1.54) is 21.7 Å². The third-order valence-corrected chi connectivity index (χ3v) is 8.21. The van der Waals surface area contributed by atoms with Gasteiger partial charge >= 0.3 is 0 Å². The molecule has 0 bridgehead atoms. The number of fused-ring (bicyclic) bond motifs is 3. The van der Waals surface area contributed by atoms with E-state index < -0.39 is 0 Å². The minimum atomic E-state index is -0.00586. The smallest absolute Gasteiger partial charge is 0.134 e. The van der Waals surface area contributed by atoms with Gasteiger partial charge in [-0.05, 0) is 48.9 Å². The van der Waals surface area contributed by atoms with Crippen LogP contribution in [0.15, 0.2) is 64.1 Å². The Hall–Kier alpha value is -4.86. The molecule has 4 heterocycles. The minimum absolute atomic E-state index is 0.00586. The SMILES string of the molecule is CCCn1c2cc(-c3ccc(C=C(C#N)C#N)o3)ccc2c2sc(-c3ccc(C=C(C#N)C#N)s3)cc21. The Morgan fingerprint density at radius 3 is 2.32 bits per heavy atom. The zero-order valence-corrected chi connectivity index (χ0v) is 21.3. The van der Waals surface area contributed by atoms with Gasteiger partial charge in [-0.15, -0.1) is 22.7 Å². The largest absolute Gasteiger partial charge is 0.457 e. The number of benzene rings is 1. The quantitative estimate of drug-likeness (QED) is 0.212. The average molecular weight is 516 g/mol. The van der Waals surface area contributed by atoms with Gasteiger partial charge in [0.15, 0.2) is 0 Å². The molecule has 0 aliphatic heterocycles. The fourth-order valence-corrected chi connectivity index (χ4v) is 6.43. The van der Waals surface area contributed by atoms with Gasteiger partial charge in [0.1, 0.15) is 46.9 Å². The van der Waals surface area contributed by atoms with Crippen molar-refractivity contribution in [1.29, 1.82) is 21.0 Å². The van der Waals surface area contributed by atoms with Crippen LogP contribution in [0.5, 0.6) is 0 Å². The van der Waals surface area contributed by atoms with Crippen LogP contribution in [0.2, 0.25) is 0 Å². The van der Waals surface area contributed by atoms with E-state index in [1.807, 2.05) is 48.5 Å². The molecule has 1 aromatic carbocycles.